The number of H-pyrrole nitrogens is 1. The minimum Gasteiger partial charge on any atom is -0.291 e. The Kier molecular flexibility index (Phi) is 3.13. The van der Waals surface area contributed by atoms with Crippen LogP contribution in [0, 0.1) is 9.39 Å². The number of nitrogens with one attached hydrogen (secondary N) is 1. The van der Waals surface area contributed by atoms with Crippen LogP contribution in [0.2, 0.25) is 0 Å². The molecule has 1 aromatic carbocycles. The van der Waals surface area contributed by atoms with E-state index in [1.165, 1.54) is 28.8 Å². The van der Waals surface area contributed by atoms with E-state index in [-0.39, 0.29) is 28.2 Å². The molecule has 0 fully saturated rings. The lowest BCUT2D eigenvalue weighted by Crippen LogP contribution is -2.21. The van der Waals surface area contributed by atoms with Gasteiger partial charge in [0.1, 0.15) is 5.82 Å². The Morgan fingerprint density at radius 2 is 2.00 bits per heavy atom. The maximum atomic E-state index is 13.7. The summed E-state index contributed by atoms with van der Waals surface area (Å²) in [4.78, 5) is 30.2. The van der Waals surface area contributed by atoms with E-state index in [1.54, 1.807) is 12.1 Å². The van der Waals surface area contributed by atoms with Crippen molar-refractivity contribution in [3.8, 4) is 11.3 Å². The maximum absolute atomic E-state index is 13.7. The van der Waals surface area contributed by atoms with Crippen LogP contribution in [0.3, 0.4) is 0 Å². The first-order valence-corrected chi connectivity index (χ1v) is 6.71. The van der Waals surface area contributed by atoms with E-state index in [4.69, 9.17) is 0 Å². The monoisotopic (exact) mass is 383 g/mol. The van der Waals surface area contributed by atoms with E-state index in [1.807, 2.05) is 22.6 Å². The van der Waals surface area contributed by atoms with Gasteiger partial charge in [0.15, 0.2) is 0 Å². The normalized spacial score (nSPS) is 10.9. The summed E-state index contributed by atoms with van der Waals surface area (Å²) in [7, 11) is 0. The molecule has 5 nitrogen and oxygen atoms in total. The first-order chi connectivity index (χ1) is 9.56. The molecule has 0 spiro atoms. The van der Waals surface area contributed by atoms with Gasteiger partial charge in [-0.1, -0.05) is 12.1 Å². The molecule has 20 heavy (non-hydrogen) atoms. The van der Waals surface area contributed by atoms with E-state index in [0.29, 0.717) is 3.57 Å². The molecule has 3 aromatic rings. The third-order valence-corrected chi connectivity index (χ3v) is 3.56. The second-order valence-corrected chi connectivity index (χ2v) is 5.25. The van der Waals surface area contributed by atoms with E-state index in [2.05, 4.69) is 9.97 Å². The molecule has 2 aromatic heterocycles. The van der Waals surface area contributed by atoms with Crippen LogP contribution in [0.15, 0.2) is 46.1 Å². The van der Waals surface area contributed by atoms with Crippen LogP contribution in [-0.4, -0.2) is 14.4 Å². The number of halogens is 2. The number of hydrogen-bond donors (Lipinski definition) is 1. The van der Waals surface area contributed by atoms with E-state index < -0.39 is 5.82 Å². The van der Waals surface area contributed by atoms with Crippen LogP contribution in [0.25, 0.3) is 17.0 Å². The molecular weight excluding hydrogens is 376 g/mol. The topological polar surface area (TPSA) is 67.2 Å². The van der Waals surface area contributed by atoms with Gasteiger partial charge in [-0.25, -0.2) is 9.37 Å². The Labute approximate surface area is 125 Å². The highest BCUT2D eigenvalue weighted by molar-refractivity contribution is 14.1. The summed E-state index contributed by atoms with van der Waals surface area (Å²) >= 11 is 1.82. The summed E-state index contributed by atoms with van der Waals surface area (Å²) in [5, 5.41) is 0. The van der Waals surface area contributed by atoms with E-state index in [9.17, 15) is 14.0 Å². The average molecular weight is 383 g/mol. The predicted octanol–water partition coefficient (Wildman–Crippen LogP) is 1.79. The lowest BCUT2D eigenvalue weighted by molar-refractivity contribution is 0.630. The number of aromatic amines is 1. The van der Waals surface area contributed by atoms with Crippen molar-refractivity contribution in [2.45, 2.75) is 0 Å². The summed E-state index contributed by atoms with van der Waals surface area (Å²) in [5.74, 6) is -0.391. The molecule has 0 unspecified atom stereocenters. The molecule has 0 radical (unpaired) electrons. The fourth-order valence-electron chi connectivity index (χ4n) is 1.84. The van der Waals surface area contributed by atoms with Crippen LogP contribution in [0.1, 0.15) is 0 Å². The number of benzene rings is 1. The molecule has 2 heterocycles. The molecule has 0 bridgehead atoms. The third kappa shape index (κ3) is 2.13. The number of aromatic nitrogens is 3. The van der Waals surface area contributed by atoms with Crippen molar-refractivity contribution in [3.05, 3.63) is 66.6 Å². The lowest BCUT2D eigenvalue weighted by atomic mass is 10.1. The Morgan fingerprint density at radius 3 is 2.75 bits per heavy atom. The number of nitrogens with zero attached hydrogens (tertiary/aromatic N) is 2. The van der Waals surface area contributed by atoms with Crippen LogP contribution < -0.4 is 11.1 Å². The minimum absolute atomic E-state index is 0.0844. The molecule has 0 amide bonds. The van der Waals surface area contributed by atoms with E-state index in [0.717, 1.165) is 0 Å². The summed E-state index contributed by atoms with van der Waals surface area (Å²) in [5.41, 5.74) is -0.331. The fourth-order valence-corrected chi connectivity index (χ4v) is 2.26. The number of hydrogen-bond acceptors (Lipinski definition) is 3. The molecule has 0 aliphatic rings. The van der Waals surface area contributed by atoms with Crippen molar-refractivity contribution >= 4 is 28.4 Å². The van der Waals surface area contributed by atoms with Gasteiger partial charge < -0.3 is 0 Å². The van der Waals surface area contributed by atoms with E-state index >= 15 is 0 Å². The molecule has 0 saturated heterocycles. The Balaban J connectivity index is 2.36. The molecule has 7 heteroatoms. The fraction of sp³-hybridized carbons (Fsp3) is 0. The van der Waals surface area contributed by atoms with Crippen LogP contribution in [0.5, 0.6) is 0 Å². The van der Waals surface area contributed by atoms with Crippen LogP contribution in [0.4, 0.5) is 4.39 Å². The highest BCUT2D eigenvalue weighted by Crippen LogP contribution is 2.19. The molecule has 100 valence electrons. The Hall–Kier alpha value is -2.03. The number of rotatable bonds is 1. The molecule has 0 aliphatic heterocycles. The zero-order chi connectivity index (χ0) is 14.3. The van der Waals surface area contributed by atoms with Gasteiger partial charge in [-0.3, -0.25) is 19.0 Å². The zero-order valence-corrected chi connectivity index (χ0v) is 12.1. The van der Waals surface area contributed by atoms with Crippen molar-refractivity contribution in [2.24, 2.45) is 0 Å². The highest BCUT2D eigenvalue weighted by Gasteiger charge is 2.10. The third-order valence-electron chi connectivity index (χ3n) is 2.79. The Bertz CT molecular complexity index is 933. The van der Waals surface area contributed by atoms with Gasteiger partial charge in [0.25, 0.3) is 11.1 Å². The van der Waals surface area contributed by atoms with Crippen LogP contribution >= 0.6 is 22.6 Å². The average Bonchev–Trinajstić information content (AvgIpc) is 2.41. The molecule has 0 saturated carbocycles. The second kappa shape index (κ2) is 4.82. The first kappa shape index (κ1) is 13.0. The SMILES string of the molecule is O=c1[nH]c2nc(-c3ccccc3F)cc(=O)n2cc1I. The smallest absolute Gasteiger partial charge is 0.265 e. The molecule has 1 N–H and O–H groups in total. The molecule has 3 rings (SSSR count). The van der Waals surface area contributed by atoms with Gasteiger partial charge in [-0.2, -0.15) is 0 Å². The van der Waals surface area contributed by atoms with Crippen LogP contribution in [-0.2, 0) is 0 Å². The Morgan fingerprint density at radius 1 is 1.25 bits per heavy atom. The van der Waals surface area contributed by atoms with Gasteiger partial charge in [0.05, 0.1) is 9.26 Å². The van der Waals surface area contributed by atoms with Crippen molar-refractivity contribution < 1.29 is 4.39 Å². The quantitative estimate of drug-likeness (QED) is 0.652. The standard InChI is InChI=1S/C13H7FIN3O2/c14-8-4-2-1-3-7(8)10-5-11(19)18-6-9(15)12(20)17-13(18)16-10/h1-6H,(H,16,17,20). The lowest BCUT2D eigenvalue weighted by Gasteiger charge is -2.05. The summed E-state index contributed by atoms with van der Waals surface area (Å²) in [6.07, 6.45) is 1.40. The largest absolute Gasteiger partial charge is 0.291 e. The highest BCUT2D eigenvalue weighted by atomic mass is 127. The number of fused-ring (bicyclic) bond motifs is 1. The van der Waals surface area contributed by atoms with Gasteiger partial charge in [-0.05, 0) is 34.7 Å². The molecule has 0 atom stereocenters. The summed E-state index contributed by atoms with van der Waals surface area (Å²) in [6, 6.07) is 7.25. The molecule has 0 aliphatic carbocycles. The first-order valence-electron chi connectivity index (χ1n) is 5.63. The van der Waals surface area contributed by atoms with Gasteiger partial charge >= 0.3 is 0 Å². The van der Waals surface area contributed by atoms with Crippen molar-refractivity contribution in [1.82, 2.24) is 14.4 Å². The van der Waals surface area contributed by atoms with Gasteiger partial charge in [-0.15, -0.1) is 0 Å². The second-order valence-electron chi connectivity index (χ2n) is 4.08. The minimum atomic E-state index is -0.475. The summed E-state index contributed by atoms with van der Waals surface area (Å²) in [6.45, 7) is 0. The van der Waals surface area contributed by atoms with Crippen molar-refractivity contribution in [3.63, 3.8) is 0 Å². The zero-order valence-electron chi connectivity index (χ0n) is 9.93. The van der Waals surface area contributed by atoms with Gasteiger partial charge in [0.2, 0.25) is 5.78 Å². The predicted molar refractivity (Wildman–Crippen MR) is 80.2 cm³/mol. The maximum Gasteiger partial charge on any atom is 0.265 e. The van der Waals surface area contributed by atoms with Crippen molar-refractivity contribution in [2.75, 3.05) is 0 Å². The summed E-state index contributed by atoms with van der Waals surface area (Å²) < 4.78 is 15.3. The van der Waals surface area contributed by atoms with Gasteiger partial charge in [0, 0.05) is 17.8 Å². The molecular formula is C13H7FIN3O2. The van der Waals surface area contributed by atoms with Crippen molar-refractivity contribution in [1.29, 1.82) is 0 Å².